The van der Waals surface area contributed by atoms with Gasteiger partial charge >= 0.3 is 0 Å². The zero-order valence-corrected chi connectivity index (χ0v) is 15.3. The minimum atomic E-state index is -0.416. The number of nitrogens with zero attached hydrogens (tertiary/aromatic N) is 6. The normalized spacial score (nSPS) is 24.3. The topological polar surface area (TPSA) is 69.8 Å². The van der Waals surface area contributed by atoms with Gasteiger partial charge in [0.15, 0.2) is 11.5 Å². The summed E-state index contributed by atoms with van der Waals surface area (Å²) in [4.78, 5) is 4.77. The number of anilines is 1. The van der Waals surface area contributed by atoms with Gasteiger partial charge in [0.25, 0.3) is 0 Å². The fourth-order valence-corrected chi connectivity index (χ4v) is 4.67. The average molecular weight is 356 g/mol. The van der Waals surface area contributed by atoms with E-state index in [9.17, 15) is 5.11 Å². The molecule has 2 aromatic heterocycles. The number of β-amino-alcohol motifs (C(OH)–C–C–N with tert-alkyl or cyclic N) is 1. The summed E-state index contributed by atoms with van der Waals surface area (Å²) in [6.45, 7) is 5.06. The molecule has 4 heterocycles. The van der Waals surface area contributed by atoms with Crippen LogP contribution >= 0.6 is 0 Å². The zero-order valence-electron chi connectivity index (χ0n) is 15.3. The summed E-state index contributed by atoms with van der Waals surface area (Å²) in [5, 5.41) is 24.1. The summed E-state index contributed by atoms with van der Waals surface area (Å²) >= 11 is 0. The van der Waals surface area contributed by atoms with E-state index in [0.717, 1.165) is 75.7 Å². The third-order valence-corrected chi connectivity index (χ3v) is 6.46. The third-order valence-electron chi connectivity index (χ3n) is 6.46. The predicted molar refractivity (Wildman–Crippen MR) is 99.4 cm³/mol. The fourth-order valence-electron chi connectivity index (χ4n) is 4.67. The van der Waals surface area contributed by atoms with Crippen LogP contribution < -0.4 is 4.90 Å². The van der Waals surface area contributed by atoms with Crippen molar-refractivity contribution in [2.24, 2.45) is 0 Å². The van der Waals surface area contributed by atoms with E-state index in [2.05, 4.69) is 26.1 Å². The molecule has 3 aliphatic rings. The number of aliphatic hydroxyl groups is 1. The summed E-state index contributed by atoms with van der Waals surface area (Å²) in [5.74, 6) is 2.45. The predicted octanol–water partition coefficient (Wildman–Crippen LogP) is 1.82. The highest BCUT2D eigenvalue weighted by atomic mass is 16.3. The van der Waals surface area contributed by atoms with Crippen molar-refractivity contribution in [3.8, 4) is 0 Å². The summed E-state index contributed by atoms with van der Waals surface area (Å²) < 4.78 is 1.97. The molecule has 0 radical (unpaired) electrons. The van der Waals surface area contributed by atoms with E-state index in [0.29, 0.717) is 5.92 Å². The number of piperidine rings is 1. The monoisotopic (exact) mass is 356 g/mol. The van der Waals surface area contributed by atoms with Crippen molar-refractivity contribution in [2.45, 2.75) is 56.5 Å². The van der Waals surface area contributed by atoms with E-state index < -0.39 is 5.60 Å². The summed E-state index contributed by atoms with van der Waals surface area (Å²) in [6.07, 6.45) is 7.72. The molecular weight excluding hydrogens is 328 g/mol. The first kappa shape index (κ1) is 16.4. The van der Waals surface area contributed by atoms with Gasteiger partial charge < -0.3 is 14.9 Å². The first-order chi connectivity index (χ1) is 12.7. The molecule has 1 saturated carbocycles. The van der Waals surface area contributed by atoms with Gasteiger partial charge in [-0.15, -0.1) is 15.3 Å². The van der Waals surface area contributed by atoms with Gasteiger partial charge in [-0.05, 0) is 70.2 Å². The highest BCUT2D eigenvalue weighted by molar-refractivity contribution is 5.46. The van der Waals surface area contributed by atoms with Crippen LogP contribution in [0.1, 0.15) is 56.7 Å². The largest absolute Gasteiger partial charge is 0.389 e. The van der Waals surface area contributed by atoms with Crippen LogP contribution in [0.3, 0.4) is 0 Å². The van der Waals surface area contributed by atoms with E-state index in [1.54, 1.807) is 0 Å². The Hall–Kier alpha value is -1.73. The van der Waals surface area contributed by atoms with Gasteiger partial charge in [-0.2, -0.15) is 4.52 Å². The Morgan fingerprint density at radius 1 is 1.00 bits per heavy atom. The van der Waals surface area contributed by atoms with Gasteiger partial charge in [0.05, 0.1) is 5.60 Å². The van der Waals surface area contributed by atoms with Crippen LogP contribution in [0.5, 0.6) is 0 Å². The van der Waals surface area contributed by atoms with Crippen LogP contribution in [-0.4, -0.2) is 68.1 Å². The standard InChI is InChI=1S/C19H28N6O/c26-19(8-3-9-19)14-23-12-6-15(7-13-23)18-21-20-16-4-5-17(22-25(16)18)24-10-1-2-11-24/h4-5,15,26H,1-3,6-14H2. The lowest BCUT2D eigenvalue weighted by Crippen LogP contribution is -2.49. The Morgan fingerprint density at radius 3 is 2.46 bits per heavy atom. The van der Waals surface area contributed by atoms with Crippen molar-refractivity contribution in [3.63, 3.8) is 0 Å². The van der Waals surface area contributed by atoms with Crippen molar-refractivity contribution in [1.29, 1.82) is 0 Å². The third kappa shape index (κ3) is 2.97. The molecule has 2 aliphatic heterocycles. The SMILES string of the molecule is OC1(CN2CCC(c3nnc4ccc(N5CCCC5)nn34)CC2)CCC1. The summed E-state index contributed by atoms with van der Waals surface area (Å²) in [7, 11) is 0. The lowest BCUT2D eigenvalue weighted by molar-refractivity contribution is -0.0623. The van der Waals surface area contributed by atoms with Crippen molar-refractivity contribution in [1.82, 2.24) is 24.7 Å². The Bertz CT molecular complexity index is 771. The Morgan fingerprint density at radius 2 is 1.77 bits per heavy atom. The van der Waals surface area contributed by atoms with Crippen molar-refractivity contribution in [3.05, 3.63) is 18.0 Å². The molecule has 7 nitrogen and oxygen atoms in total. The lowest BCUT2D eigenvalue weighted by Gasteiger charge is -2.42. The number of aromatic nitrogens is 4. The Labute approximate surface area is 154 Å². The molecule has 1 aliphatic carbocycles. The molecule has 7 heteroatoms. The van der Waals surface area contributed by atoms with E-state index >= 15 is 0 Å². The maximum absolute atomic E-state index is 10.4. The molecule has 2 aromatic rings. The zero-order chi connectivity index (χ0) is 17.6. The molecule has 2 saturated heterocycles. The van der Waals surface area contributed by atoms with Crippen LogP contribution in [0, 0.1) is 0 Å². The molecule has 5 rings (SSSR count). The number of hydrogen-bond donors (Lipinski definition) is 1. The first-order valence-corrected chi connectivity index (χ1v) is 10.1. The minimum absolute atomic E-state index is 0.401. The smallest absolute Gasteiger partial charge is 0.178 e. The van der Waals surface area contributed by atoms with Gasteiger partial charge in [-0.3, -0.25) is 0 Å². The molecule has 0 bridgehead atoms. The molecule has 3 fully saturated rings. The van der Waals surface area contributed by atoms with Crippen molar-refractivity contribution in [2.75, 3.05) is 37.6 Å². The number of likely N-dealkylation sites (tertiary alicyclic amines) is 1. The summed E-state index contributed by atoms with van der Waals surface area (Å²) in [5.41, 5.74) is 0.426. The highest BCUT2D eigenvalue weighted by Gasteiger charge is 2.37. The van der Waals surface area contributed by atoms with Gasteiger partial charge in [0, 0.05) is 25.6 Å². The molecule has 1 N–H and O–H groups in total. The van der Waals surface area contributed by atoms with E-state index in [1.165, 1.54) is 19.3 Å². The molecular formula is C19H28N6O. The van der Waals surface area contributed by atoms with E-state index in [1.807, 2.05) is 10.6 Å². The quantitative estimate of drug-likeness (QED) is 0.901. The van der Waals surface area contributed by atoms with Gasteiger partial charge in [0.2, 0.25) is 0 Å². The maximum atomic E-state index is 10.4. The van der Waals surface area contributed by atoms with Crippen molar-refractivity contribution < 1.29 is 5.11 Å². The minimum Gasteiger partial charge on any atom is -0.389 e. The number of rotatable bonds is 4. The second kappa shape index (κ2) is 6.46. The molecule has 26 heavy (non-hydrogen) atoms. The number of hydrogen-bond acceptors (Lipinski definition) is 6. The number of fused-ring (bicyclic) bond motifs is 1. The van der Waals surface area contributed by atoms with Crippen LogP contribution in [0.15, 0.2) is 12.1 Å². The first-order valence-electron chi connectivity index (χ1n) is 10.1. The van der Waals surface area contributed by atoms with Crippen LogP contribution in [-0.2, 0) is 0 Å². The second-order valence-corrected chi connectivity index (χ2v) is 8.34. The summed E-state index contributed by atoms with van der Waals surface area (Å²) in [6, 6.07) is 4.11. The van der Waals surface area contributed by atoms with Crippen molar-refractivity contribution >= 4 is 11.5 Å². The van der Waals surface area contributed by atoms with E-state index in [-0.39, 0.29) is 0 Å². The molecule has 140 valence electrons. The average Bonchev–Trinajstić information content (AvgIpc) is 3.30. The maximum Gasteiger partial charge on any atom is 0.178 e. The van der Waals surface area contributed by atoms with Crippen LogP contribution in [0.25, 0.3) is 5.65 Å². The van der Waals surface area contributed by atoms with Gasteiger partial charge in [0.1, 0.15) is 5.82 Å². The van der Waals surface area contributed by atoms with Crippen LogP contribution in [0.2, 0.25) is 0 Å². The Balaban J connectivity index is 1.30. The Kier molecular flexibility index (Phi) is 4.09. The van der Waals surface area contributed by atoms with Crippen LogP contribution in [0.4, 0.5) is 5.82 Å². The fraction of sp³-hybridized carbons (Fsp3) is 0.737. The molecule has 0 unspecified atom stereocenters. The second-order valence-electron chi connectivity index (χ2n) is 8.34. The lowest BCUT2D eigenvalue weighted by atomic mass is 9.79. The molecule has 0 amide bonds. The molecule has 0 aromatic carbocycles. The van der Waals surface area contributed by atoms with Gasteiger partial charge in [-0.1, -0.05) is 0 Å². The molecule has 0 spiro atoms. The highest BCUT2D eigenvalue weighted by Crippen LogP contribution is 2.34. The van der Waals surface area contributed by atoms with E-state index in [4.69, 9.17) is 5.10 Å². The van der Waals surface area contributed by atoms with Gasteiger partial charge in [-0.25, -0.2) is 0 Å². The molecule has 0 atom stereocenters.